The van der Waals surface area contributed by atoms with E-state index in [-0.39, 0.29) is 0 Å². The second kappa shape index (κ2) is 6.32. The quantitative estimate of drug-likeness (QED) is 0.593. The zero-order valence-electron chi connectivity index (χ0n) is 10.4. The van der Waals surface area contributed by atoms with Crippen LogP contribution in [0.5, 0.6) is 0 Å². The molecule has 0 saturated heterocycles. The summed E-state index contributed by atoms with van der Waals surface area (Å²) in [6.07, 6.45) is 6.14. The van der Waals surface area contributed by atoms with Gasteiger partial charge >= 0.3 is 0 Å². The van der Waals surface area contributed by atoms with Crippen LogP contribution in [0.3, 0.4) is 0 Å². The van der Waals surface area contributed by atoms with E-state index in [9.17, 15) is 0 Å². The third kappa shape index (κ3) is 3.37. The van der Waals surface area contributed by atoms with Crippen molar-refractivity contribution in [2.75, 3.05) is 0 Å². The summed E-state index contributed by atoms with van der Waals surface area (Å²) in [6, 6.07) is 8.78. The van der Waals surface area contributed by atoms with Gasteiger partial charge in [-0.3, -0.25) is 0 Å². The summed E-state index contributed by atoms with van der Waals surface area (Å²) < 4.78 is 0. The van der Waals surface area contributed by atoms with Crippen LogP contribution in [0.15, 0.2) is 49.6 Å². The lowest BCUT2D eigenvalue weighted by Gasteiger charge is -2.22. The first-order valence-electron chi connectivity index (χ1n) is 5.97. The zero-order chi connectivity index (χ0) is 12.0. The number of aryl methyl sites for hydroxylation is 1. The zero-order valence-corrected chi connectivity index (χ0v) is 10.4. The maximum atomic E-state index is 3.84. The standard InChI is InChI=1S/C16H22/c1-5-8-15(9-6-2)14(4)16-11-7-10-13(3)12-16/h5-7,10-12,14-15H,1-2,8-9H2,3-4H3. The van der Waals surface area contributed by atoms with Crippen molar-refractivity contribution in [3.8, 4) is 0 Å². The molecule has 0 fully saturated rings. The largest absolute Gasteiger partial charge is 0.103 e. The maximum absolute atomic E-state index is 3.84. The van der Waals surface area contributed by atoms with E-state index in [1.165, 1.54) is 11.1 Å². The summed E-state index contributed by atoms with van der Waals surface area (Å²) in [4.78, 5) is 0. The third-order valence-electron chi connectivity index (χ3n) is 3.21. The Bertz CT molecular complexity index is 339. The molecule has 0 amide bonds. The highest BCUT2D eigenvalue weighted by molar-refractivity contribution is 5.25. The Morgan fingerprint density at radius 3 is 2.31 bits per heavy atom. The Morgan fingerprint density at radius 1 is 1.19 bits per heavy atom. The highest BCUT2D eigenvalue weighted by Crippen LogP contribution is 2.30. The average Bonchev–Trinajstić information content (AvgIpc) is 2.28. The molecule has 16 heavy (non-hydrogen) atoms. The summed E-state index contributed by atoms with van der Waals surface area (Å²) in [6.45, 7) is 12.1. The van der Waals surface area contributed by atoms with E-state index in [0.717, 1.165) is 12.8 Å². The molecule has 0 aliphatic carbocycles. The molecule has 1 aromatic carbocycles. The first-order chi connectivity index (χ1) is 7.69. The molecule has 1 aromatic rings. The summed E-state index contributed by atoms with van der Waals surface area (Å²) in [5.41, 5.74) is 2.76. The lowest BCUT2D eigenvalue weighted by atomic mass is 9.83. The normalized spacial score (nSPS) is 12.4. The minimum atomic E-state index is 0.566. The molecular weight excluding hydrogens is 192 g/mol. The third-order valence-corrected chi connectivity index (χ3v) is 3.21. The summed E-state index contributed by atoms with van der Waals surface area (Å²) in [7, 11) is 0. The van der Waals surface area contributed by atoms with Gasteiger partial charge in [-0.15, -0.1) is 13.2 Å². The number of rotatable bonds is 6. The Hall–Kier alpha value is -1.30. The fourth-order valence-electron chi connectivity index (χ4n) is 2.16. The summed E-state index contributed by atoms with van der Waals surface area (Å²) >= 11 is 0. The van der Waals surface area contributed by atoms with Crippen LogP contribution in [0.2, 0.25) is 0 Å². The molecule has 0 aliphatic heterocycles. The molecule has 0 radical (unpaired) electrons. The molecule has 1 unspecified atom stereocenters. The monoisotopic (exact) mass is 214 g/mol. The van der Waals surface area contributed by atoms with Gasteiger partial charge in [0, 0.05) is 0 Å². The van der Waals surface area contributed by atoms with E-state index < -0.39 is 0 Å². The van der Waals surface area contributed by atoms with Crippen molar-refractivity contribution in [1.29, 1.82) is 0 Å². The molecule has 0 aliphatic rings. The van der Waals surface area contributed by atoms with Crippen molar-refractivity contribution in [3.05, 3.63) is 60.7 Å². The number of hydrogen-bond acceptors (Lipinski definition) is 0. The van der Waals surface area contributed by atoms with Gasteiger partial charge in [-0.05, 0) is 37.2 Å². The minimum absolute atomic E-state index is 0.566. The van der Waals surface area contributed by atoms with Gasteiger partial charge in [0.05, 0.1) is 0 Å². The summed E-state index contributed by atoms with van der Waals surface area (Å²) in [5, 5.41) is 0. The lowest BCUT2D eigenvalue weighted by Crippen LogP contribution is -2.08. The smallest absolute Gasteiger partial charge is 0.0156 e. The first-order valence-corrected chi connectivity index (χ1v) is 5.97. The van der Waals surface area contributed by atoms with Crippen LogP contribution in [0.4, 0.5) is 0 Å². The van der Waals surface area contributed by atoms with Gasteiger partial charge in [0.2, 0.25) is 0 Å². The maximum Gasteiger partial charge on any atom is -0.0156 e. The number of benzene rings is 1. The van der Waals surface area contributed by atoms with Crippen LogP contribution in [-0.2, 0) is 0 Å². The molecule has 1 atom stereocenters. The molecule has 0 bridgehead atoms. The fraction of sp³-hybridized carbons (Fsp3) is 0.375. The van der Waals surface area contributed by atoms with E-state index >= 15 is 0 Å². The van der Waals surface area contributed by atoms with E-state index in [1.807, 2.05) is 12.2 Å². The van der Waals surface area contributed by atoms with E-state index in [2.05, 4.69) is 51.3 Å². The lowest BCUT2D eigenvalue weighted by molar-refractivity contribution is 0.456. The van der Waals surface area contributed by atoms with Gasteiger partial charge in [-0.1, -0.05) is 48.9 Å². The molecule has 86 valence electrons. The van der Waals surface area contributed by atoms with Crippen LogP contribution in [0, 0.1) is 12.8 Å². The van der Waals surface area contributed by atoms with Crippen molar-refractivity contribution in [3.63, 3.8) is 0 Å². The average molecular weight is 214 g/mol. The Labute approximate surface area is 99.7 Å². The van der Waals surface area contributed by atoms with Crippen molar-refractivity contribution < 1.29 is 0 Å². The van der Waals surface area contributed by atoms with Gasteiger partial charge in [-0.2, -0.15) is 0 Å². The van der Waals surface area contributed by atoms with Crippen LogP contribution in [-0.4, -0.2) is 0 Å². The predicted octanol–water partition coefficient (Wildman–Crippen LogP) is 4.87. The molecule has 0 saturated carbocycles. The van der Waals surface area contributed by atoms with Crippen molar-refractivity contribution in [1.82, 2.24) is 0 Å². The number of hydrogen-bond donors (Lipinski definition) is 0. The van der Waals surface area contributed by atoms with Crippen LogP contribution < -0.4 is 0 Å². The van der Waals surface area contributed by atoms with E-state index in [0.29, 0.717) is 11.8 Å². The molecule has 0 nitrogen and oxygen atoms in total. The van der Waals surface area contributed by atoms with Crippen molar-refractivity contribution in [2.45, 2.75) is 32.6 Å². The highest BCUT2D eigenvalue weighted by Gasteiger charge is 2.16. The Kier molecular flexibility index (Phi) is 5.04. The van der Waals surface area contributed by atoms with Crippen LogP contribution >= 0.6 is 0 Å². The van der Waals surface area contributed by atoms with Gasteiger partial charge in [-0.25, -0.2) is 0 Å². The van der Waals surface area contributed by atoms with Gasteiger partial charge in [0.25, 0.3) is 0 Å². The molecule has 0 heteroatoms. The molecule has 0 N–H and O–H groups in total. The van der Waals surface area contributed by atoms with E-state index in [1.54, 1.807) is 0 Å². The SMILES string of the molecule is C=CCC(CC=C)C(C)c1cccc(C)c1. The van der Waals surface area contributed by atoms with Crippen molar-refractivity contribution >= 4 is 0 Å². The van der Waals surface area contributed by atoms with Crippen LogP contribution in [0.25, 0.3) is 0 Å². The second-order valence-electron chi connectivity index (χ2n) is 4.51. The Morgan fingerprint density at radius 2 is 1.81 bits per heavy atom. The molecule has 1 rings (SSSR count). The molecule has 0 spiro atoms. The highest BCUT2D eigenvalue weighted by atomic mass is 14.2. The predicted molar refractivity (Wildman–Crippen MR) is 72.7 cm³/mol. The molecular formula is C16H22. The van der Waals surface area contributed by atoms with E-state index in [4.69, 9.17) is 0 Å². The fourth-order valence-corrected chi connectivity index (χ4v) is 2.16. The van der Waals surface area contributed by atoms with Gasteiger partial charge < -0.3 is 0 Å². The van der Waals surface area contributed by atoms with Crippen LogP contribution in [0.1, 0.15) is 36.8 Å². The van der Waals surface area contributed by atoms with Gasteiger partial charge in [0.15, 0.2) is 0 Å². The van der Waals surface area contributed by atoms with Crippen molar-refractivity contribution in [2.24, 2.45) is 5.92 Å². The molecule has 0 heterocycles. The Balaban J connectivity index is 2.84. The molecule has 0 aromatic heterocycles. The van der Waals surface area contributed by atoms with Gasteiger partial charge in [0.1, 0.15) is 0 Å². The minimum Gasteiger partial charge on any atom is -0.103 e. The second-order valence-corrected chi connectivity index (χ2v) is 4.51. The topological polar surface area (TPSA) is 0 Å². The number of allylic oxidation sites excluding steroid dienone is 2. The summed E-state index contributed by atoms with van der Waals surface area (Å²) in [5.74, 6) is 1.19. The first kappa shape index (κ1) is 12.8.